The maximum absolute atomic E-state index is 12.4. The van der Waals surface area contributed by atoms with Crippen LogP contribution in [0.15, 0.2) is 36.4 Å². The Hall–Kier alpha value is -1.85. The minimum atomic E-state index is 0.166. The second kappa shape index (κ2) is 6.71. The van der Waals surface area contributed by atoms with Crippen molar-refractivity contribution in [3.8, 4) is 0 Å². The van der Waals surface area contributed by atoms with Gasteiger partial charge in [0.1, 0.15) is 0 Å². The molecule has 0 radical (unpaired) electrons. The zero-order chi connectivity index (χ0) is 18.3. The summed E-state index contributed by atoms with van der Waals surface area (Å²) in [7, 11) is 4.02. The minimum absolute atomic E-state index is 0.166. The fourth-order valence-electron chi connectivity index (χ4n) is 4.05. The van der Waals surface area contributed by atoms with Crippen molar-refractivity contribution >= 4 is 32.3 Å². The van der Waals surface area contributed by atoms with Gasteiger partial charge in [-0.2, -0.15) is 0 Å². The first kappa shape index (κ1) is 17.6. The number of benzene rings is 1. The van der Waals surface area contributed by atoms with Crippen molar-refractivity contribution < 1.29 is 4.79 Å². The van der Waals surface area contributed by atoms with Gasteiger partial charge in [-0.25, -0.2) is 0 Å². The van der Waals surface area contributed by atoms with Gasteiger partial charge in [0.25, 0.3) is 0 Å². The van der Waals surface area contributed by atoms with Crippen molar-refractivity contribution in [2.45, 2.75) is 13.3 Å². The standard InChI is InChI=1S/C21H27N3OS/c1-16-6-7-17-12-20(26-18(17)11-16)24-14-21(15-24)8-10-23(13-21)19(25)5-4-9-22(2)3/h4-7,11-12H,8-10,13-15H2,1-3H3/b5-4+. The van der Waals surface area contributed by atoms with Gasteiger partial charge in [-0.1, -0.05) is 18.2 Å². The van der Waals surface area contributed by atoms with Gasteiger partial charge in [0, 0.05) is 48.9 Å². The Morgan fingerprint density at radius 1 is 1.27 bits per heavy atom. The van der Waals surface area contributed by atoms with E-state index in [-0.39, 0.29) is 5.91 Å². The number of likely N-dealkylation sites (tertiary alicyclic amines) is 1. The summed E-state index contributed by atoms with van der Waals surface area (Å²) in [6.45, 7) is 6.90. The molecule has 0 unspecified atom stereocenters. The molecule has 2 fully saturated rings. The lowest BCUT2D eigenvalue weighted by molar-refractivity contribution is -0.125. The number of nitrogens with zero attached hydrogens (tertiary/aromatic N) is 3. The number of amides is 1. The first-order chi connectivity index (χ1) is 12.4. The van der Waals surface area contributed by atoms with Gasteiger partial charge >= 0.3 is 0 Å². The molecule has 1 amide bonds. The number of thiophene rings is 1. The molecule has 1 aromatic carbocycles. The van der Waals surface area contributed by atoms with E-state index in [0.717, 1.165) is 39.1 Å². The number of carbonyl (C=O) groups is 1. The average molecular weight is 370 g/mol. The fraction of sp³-hybridized carbons (Fsp3) is 0.476. The summed E-state index contributed by atoms with van der Waals surface area (Å²) in [6.07, 6.45) is 4.82. The van der Waals surface area contributed by atoms with Gasteiger partial charge in [-0.05, 0) is 50.5 Å². The zero-order valence-electron chi connectivity index (χ0n) is 15.9. The van der Waals surface area contributed by atoms with Crippen molar-refractivity contribution in [1.82, 2.24) is 9.80 Å². The second-order valence-electron chi connectivity index (χ2n) is 8.16. The molecule has 2 aliphatic heterocycles. The molecule has 0 saturated carbocycles. The summed E-state index contributed by atoms with van der Waals surface area (Å²) < 4.78 is 1.37. The Bertz CT molecular complexity index is 848. The highest BCUT2D eigenvalue weighted by atomic mass is 32.1. The van der Waals surface area contributed by atoms with Crippen LogP contribution >= 0.6 is 11.3 Å². The van der Waals surface area contributed by atoms with Crippen LogP contribution in [0.4, 0.5) is 5.00 Å². The van der Waals surface area contributed by atoms with E-state index in [1.165, 1.54) is 20.7 Å². The Balaban J connectivity index is 1.36. The molecule has 2 saturated heterocycles. The quantitative estimate of drug-likeness (QED) is 0.773. The Kier molecular flexibility index (Phi) is 4.53. The Labute approximate surface area is 159 Å². The Morgan fingerprint density at radius 2 is 2.08 bits per heavy atom. The summed E-state index contributed by atoms with van der Waals surface area (Å²) in [5.41, 5.74) is 1.62. The zero-order valence-corrected chi connectivity index (χ0v) is 16.7. The third-order valence-corrected chi connectivity index (χ3v) is 6.67. The van der Waals surface area contributed by atoms with Gasteiger partial charge in [0.05, 0.1) is 5.00 Å². The predicted octanol–water partition coefficient (Wildman–Crippen LogP) is 3.37. The van der Waals surface area contributed by atoms with Crippen LogP contribution in [-0.4, -0.2) is 62.5 Å². The normalized spacial score (nSPS) is 19.2. The molecule has 0 aliphatic carbocycles. The number of rotatable bonds is 4. The molecule has 1 spiro atoms. The summed E-state index contributed by atoms with van der Waals surface area (Å²) in [4.78, 5) is 18.9. The van der Waals surface area contributed by atoms with E-state index in [9.17, 15) is 4.79 Å². The molecule has 0 N–H and O–H groups in total. The SMILES string of the molecule is Cc1ccc2cc(N3CC4(CCN(C(=O)/C=C/CN(C)C)C4)C3)sc2c1. The largest absolute Gasteiger partial charge is 0.362 e. The van der Waals surface area contributed by atoms with E-state index in [4.69, 9.17) is 0 Å². The van der Waals surface area contributed by atoms with Crippen LogP contribution in [-0.2, 0) is 4.79 Å². The van der Waals surface area contributed by atoms with Crippen molar-refractivity contribution in [2.24, 2.45) is 5.41 Å². The van der Waals surface area contributed by atoms with Gasteiger partial charge in [0.2, 0.25) is 5.91 Å². The van der Waals surface area contributed by atoms with Crippen LogP contribution < -0.4 is 4.90 Å². The molecule has 138 valence electrons. The highest BCUT2D eigenvalue weighted by Gasteiger charge is 2.48. The predicted molar refractivity (Wildman–Crippen MR) is 110 cm³/mol. The minimum Gasteiger partial charge on any atom is -0.362 e. The first-order valence-electron chi connectivity index (χ1n) is 9.30. The maximum Gasteiger partial charge on any atom is 0.246 e. The molecule has 1 aromatic heterocycles. The van der Waals surface area contributed by atoms with Crippen LogP contribution in [0.2, 0.25) is 0 Å². The lowest BCUT2D eigenvalue weighted by Gasteiger charge is -2.48. The third-order valence-electron chi connectivity index (χ3n) is 5.51. The molecule has 2 aliphatic rings. The molecule has 5 heteroatoms. The number of likely N-dealkylation sites (N-methyl/N-ethyl adjacent to an activating group) is 1. The van der Waals surface area contributed by atoms with Crippen LogP contribution in [0.3, 0.4) is 0 Å². The van der Waals surface area contributed by atoms with E-state index in [2.05, 4.69) is 41.0 Å². The molecule has 0 bridgehead atoms. The smallest absolute Gasteiger partial charge is 0.246 e. The molecule has 3 heterocycles. The molecule has 4 nitrogen and oxygen atoms in total. The molecule has 0 atom stereocenters. The highest BCUT2D eigenvalue weighted by molar-refractivity contribution is 7.22. The number of carbonyl (C=O) groups excluding carboxylic acids is 1. The summed E-state index contributed by atoms with van der Waals surface area (Å²) in [5.74, 6) is 0.166. The van der Waals surface area contributed by atoms with E-state index in [1.807, 2.05) is 36.4 Å². The molecule has 2 aromatic rings. The first-order valence-corrected chi connectivity index (χ1v) is 10.1. The number of anilines is 1. The van der Waals surface area contributed by atoms with Crippen LogP contribution in [0, 0.1) is 12.3 Å². The number of hydrogen-bond acceptors (Lipinski definition) is 4. The number of hydrogen-bond donors (Lipinski definition) is 0. The summed E-state index contributed by atoms with van der Waals surface area (Å²) in [5, 5.41) is 2.71. The number of aryl methyl sites for hydroxylation is 1. The molecule has 26 heavy (non-hydrogen) atoms. The topological polar surface area (TPSA) is 26.8 Å². The Morgan fingerprint density at radius 3 is 2.85 bits per heavy atom. The monoisotopic (exact) mass is 369 g/mol. The second-order valence-corrected chi connectivity index (χ2v) is 9.22. The molecular formula is C21H27N3OS. The van der Waals surface area contributed by atoms with Crippen molar-refractivity contribution in [3.63, 3.8) is 0 Å². The van der Waals surface area contributed by atoms with Crippen LogP contribution in [0.5, 0.6) is 0 Å². The van der Waals surface area contributed by atoms with Crippen molar-refractivity contribution in [2.75, 3.05) is 51.7 Å². The summed E-state index contributed by atoms with van der Waals surface area (Å²) >= 11 is 1.89. The van der Waals surface area contributed by atoms with Gasteiger partial charge in [-0.15, -0.1) is 11.3 Å². The van der Waals surface area contributed by atoms with Gasteiger partial charge in [0.15, 0.2) is 0 Å². The van der Waals surface area contributed by atoms with Gasteiger partial charge < -0.3 is 14.7 Å². The summed E-state index contributed by atoms with van der Waals surface area (Å²) in [6, 6.07) is 8.99. The van der Waals surface area contributed by atoms with E-state index in [0.29, 0.717) is 5.41 Å². The maximum atomic E-state index is 12.4. The number of fused-ring (bicyclic) bond motifs is 1. The van der Waals surface area contributed by atoms with E-state index < -0.39 is 0 Å². The lowest BCUT2D eigenvalue weighted by Crippen LogP contribution is -2.57. The van der Waals surface area contributed by atoms with Crippen molar-refractivity contribution in [1.29, 1.82) is 0 Å². The van der Waals surface area contributed by atoms with Gasteiger partial charge in [-0.3, -0.25) is 4.79 Å². The van der Waals surface area contributed by atoms with Crippen molar-refractivity contribution in [3.05, 3.63) is 42.0 Å². The highest BCUT2D eigenvalue weighted by Crippen LogP contribution is 2.45. The van der Waals surface area contributed by atoms with Crippen LogP contribution in [0.1, 0.15) is 12.0 Å². The lowest BCUT2D eigenvalue weighted by atomic mass is 9.79. The van der Waals surface area contributed by atoms with Crippen LogP contribution in [0.25, 0.3) is 10.1 Å². The van der Waals surface area contributed by atoms with E-state index in [1.54, 1.807) is 6.08 Å². The molecular weight excluding hydrogens is 342 g/mol. The third kappa shape index (κ3) is 3.38. The molecule has 4 rings (SSSR count). The fourth-order valence-corrected chi connectivity index (χ4v) is 5.21. The van der Waals surface area contributed by atoms with E-state index >= 15 is 0 Å². The average Bonchev–Trinajstić information content (AvgIpc) is 3.16.